The average molecular weight is 231 g/mol. The molecule has 88 valence electrons. The van der Waals surface area contributed by atoms with Gasteiger partial charge in [-0.1, -0.05) is 37.3 Å². The van der Waals surface area contributed by atoms with E-state index in [4.69, 9.17) is 9.47 Å². The van der Waals surface area contributed by atoms with E-state index in [1.54, 1.807) is 0 Å². The summed E-state index contributed by atoms with van der Waals surface area (Å²) in [6.45, 7) is 1.99. The minimum Gasteiger partial charge on any atom is -0.476 e. The first kappa shape index (κ1) is 11.4. The van der Waals surface area contributed by atoms with E-state index in [0.717, 1.165) is 17.6 Å². The van der Waals surface area contributed by atoms with Gasteiger partial charge in [-0.2, -0.15) is 4.99 Å². The molecule has 1 aliphatic heterocycles. The summed E-state index contributed by atoms with van der Waals surface area (Å²) < 4.78 is 9.91. The van der Waals surface area contributed by atoms with Crippen LogP contribution in [0, 0.1) is 0 Å². The molecule has 0 amide bonds. The molecule has 1 aliphatic rings. The largest absolute Gasteiger partial charge is 0.476 e. The normalized spacial score (nSPS) is 17.5. The smallest absolute Gasteiger partial charge is 0.401 e. The predicted octanol–water partition coefficient (Wildman–Crippen LogP) is 2.37. The van der Waals surface area contributed by atoms with E-state index in [9.17, 15) is 4.79 Å². The van der Waals surface area contributed by atoms with Gasteiger partial charge in [0.15, 0.2) is 0 Å². The summed E-state index contributed by atoms with van der Waals surface area (Å²) in [7, 11) is 1.40. The molecule has 17 heavy (non-hydrogen) atoms. The Bertz CT molecular complexity index is 489. The third-order valence-electron chi connectivity index (χ3n) is 2.49. The molecule has 0 aliphatic carbocycles. The molecule has 0 saturated heterocycles. The maximum atomic E-state index is 11.4. The van der Waals surface area contributed by atoms with Gasteiger partial charge in [0.1, 0.15) is 0 Å². The highest BCUT2D eigenvalue weighted by Crippen LogP contribution is 2.26. The number of methoxy groups -OCH3 is 1. The Morgan fingerprint density at radius 3 is 2.59 bits per heavy atom. The second kappa shape index (κ2) is 4.82. The van der Waals surface area contributed by atoms with E-state index in [1.165, 1.54) is 7.11 Å². The molecule has 0 atom stereocenters. The van der Waals surface area contributed by atoms with Gasteiger partial charge in [0, 0.05) is 5.57 Å². The first-order chi connectivity index (χ1) is 8.26. The van der Waals surface area contributed by atoms with Crippen molar-refractivity contribution >= 4 is 17.4 Å². The summed E-state index contributed by atoms with van der Waals surface area (Å²) >= 11 is 0. The molecule has 0 saturated carbocycles. The molecular weight excluding hydrogens is 218 g/mol. The number of cyclic esters (lactones) is 1. The Labute approximate surface area is 99.6 Å². The van der Waals surface area contributed by atoms with E-state index >= 15 is 0 Å². The van der Waals surface area contributed by atoms with Gasteiger partial charge < -0.3 is 9.47 Å². The summed E-state index contributed by atoms with van der Waals surface area (Å²) in [6.07, 6.45) is 0.729. The van der Waals surface area contributed by atoms with E-state index in [-0.39, 0.29) is 5.90 Å². The summed E-state index contributed by atoms with van der Waals surface area (Å²) in [4.78, 5) is 15.4. The number of aliphatic imine (C=N–C) groups is 1. The number of benzene rings is 1. The summed E-state index contributed by atoms with van der Waals surface area (Å²) in [5, 5.41) is 0. The number of esters is 1. The maximum Gasteiger partial charge on any atom is 0.401 e. The van der Waals surface area contributed by atoms with Crippen LogP contribution in [0.15, 0.2) is 41.2 Å². The van der Waals surface area contributed by atoms with Gasteiger partial charge in [0.25, 0.3) is 0 Å². The highest BCUT2D eigenvalue weighted by molar-refractivity contribution is 6.34. The lowest BCUT2D eigenvalue weighted by Gasteiger charge is -2.05. The first-order valence-electron chi connectivity index (χ1n) is 5.39. The lowest BCUT2D eigenvalue weighted by molar-refractivity contribution is -0.131. The van der Waals surface area contributed by atoms with Crippen molar-refractivity contribution in [2.24, 2.45) is 4.99 Å². The van der Waals surface area contributed by atoms with Crippen molar-refractivity contribution in [2.75, 3.05) is 7.11 Å². The Hall–Kier alpha value is -2.10. The Kier molecular flexibility index (Phi) is 3.23. The SMILES string of the molecule is CCC(=C1N=C(OC)C(=O)O1)c1ccccc1. The van der Waals surface area contributed by atoms with Crippen LogP contribution in [-0.2, 0) is 14.3 Å². The zero-order valence-electron chi connectivity index (χ0n) is 9.77. The summed E-state index contributed by atoms with van der Waals surface area (Å²) in [5.41, 5.74) is 1.89. The van der Waals surface area contributed by atoms with E-state index < -0.39 is 5.97 Å². The van der Waals surface area contributed by atoms with Crippen LogP contribution in [0.5, 0.6) is 0 Å². The number of carbonyl (C=O) groups excluding carboxylic acids is 1. The number of ether oxygens (including phenoxy) is 2. The van der Waals surface area contributed by atoms with Crippen LogP contribution >= 0.6 is 0 Å². The number of allylic oxidation sites excluding steroid dienone is 1. The van der Waals surface area contributed by atoms with Crippen molar-refractivity contribution in [1.29, 1.82) is 0 Å². The molecule has 0 spiro atoms. The molecule has 1 aromatic carbocycles. The third-order valence-corrected chi connectivity index (χ3v) is 2.49. The fourth-order valence-corrected chi connectivity index (χ4v) is 1.67. The summed E-state index contributed by atoms with van der Waals surface area (Å²) in [6, 6.07) is 9.72. The molecule has 2 rings (SSSR count). The van der Waals surface area contributed by atoms with Crippen molar-refractivity contribution in [3.63, 3.8) is 0 Å². The Morgan fingerprint density at radius 1 is 1.35 bits per heavy atom. The fourth-order valence-electron chi connectivity index (χ4n) is 1.67. The zero-order valence-corrected chi connectivity index (χ0v) is 9.77. The monoisotopic (exact) mass is 231 g/mol. The quantitative estimate of drug-likeness (QED) is 0.734. The van der Waals surface area contributed by atoms with Crippen molar-refractivity contribution in [1.82, 2.24) is 0 Å². The van der Waals surface area contributed by atoms with Crippen molar-refractivity contribution in [3.8, 4) is 0 Å². The van der Waals surface area contributed by atoms with Crippen LogP contribution in [0.25, 0.3) is 5.57 Å². The topological polar surface area (TPSA) is 47.9 Å². The van der Waals surface area contributed by atoms with Crippen LogP contribution < -0.4 is 0 Å². The van der Waals surface area contributed by atoms with Gasteiger partial charge >= 0.3 is 11.9 Å². The lowest BCUT2D eigenvalue weighted by atomic mass is 10.0. The number of rotatable bonds is 2. The van der Waals surface area contributed by atoms with Crippen LogP contribution in [0.1, 0.15) is 18.9 Å². The second-order valence-electron chi connectivity index (χ2n) is 3.51. The Morgan fingerprint density at radius 2 is 2.06 bits per heavy atom. The summed E-state index contributed by atoms with van der Waals surface area (Å²) in [5.74, 6) is -0.202. The first-order valence-corrected chi connectivity index (χ1v) is 5.39. The molecular formula is C13H13NO3. The lowest BCUT2D eigenvalue weighted by Crippen LogP contribution is -2.11. The van der Waals surface area contributed by atoms with Gasteiger partial charge in [-0.3, -0.25) is 0 Å². The minimum absolute atomic E-state index is 0.00174. The van der Waals surface area contributed by atoms with Gasteiger partial charge in [-0.15, -0.1) is 0 Å². The molecule has 0 radical (unpaired) electrons. The number of carbonyl (C=O) groups is 1. The Balaban J connectivity index is 2.43. The van der Waals surface area contributed by atoms with Crippen LogP contribution in [-0.4, -0.2) is 19.0 Å². The average Bonchev–Trinajstić information content (AvgIpc) is 2.73. The van der Waals surface area contributed by atoms with Crippen LogP contribution in [0.4, 0.5) is 0 Å². The molecule has 0 bridgehead atoms. The third kappa shape index (κ3) is 2.20. The van der Waals surface area contributed by atoms with Crippen LogP contribution in [0.3, 0.4) is 0 Å². The standard InChI is InChI=1S/C13H13NO3/c1-3-10(9-7-5-4-6-8-9)11-14-12(16-2)13(15)17-11/h4-8H,3H2,1-2H3. The van der Waals surface area contributed by atoms with E-state index in [1.807, 2.05) is 37.3 Å². The molecule has 0 N–H and O–H groups in total. The molecule has 4 heteroatoms. The maximum absolute atomic E-state index is 11.4. The molecule has 1 heterocycles. The van der Waals surface area contributed by atoms with Crippen molar-refractivity contribution in [2.45, 2.75) is 13.3 Å². The minimum atomic E-state index is -0.538. The molecule has 0 aromatic heterocycles. The predicted molar refractivity (Wildman–Crippen MR) is 64.2 cm³/mol. The number of hydrogen-bond donors (Lipinski definition) is 0. The molecule has 0 unspecified atom stereocenters. The number of hydrogen-bond acceptors (Lipinski definition) is 4. The van der Waals surface area contributed by atoms with Gasteiger partial charge in [0.05, 0.1) is 7.11 Å². The van der Waals surface area contributed by atoms with Gasteiger partial charge in [0.2, 0.25) is 5.88 Å². The zero-order chi connectivity index (χ0) is 12.3. The highest BCUT2D eigenvalue weighted by Gasteiger charge is 2.26. The molecule has 4 nitrogen and oxygen atoms in total. The fraction of sp³-hybridized carbons (Fsp3) is 0.231. The van der Waals surface area contributed by atoms with Crippen LogP contribution in [0.2, 0.25) is 0 Å². The second-order valence-corrected chi connectivity index (χ2v) is 3.51. The molecule has 1 aromatic rings. The van der Waals surface area contributed by atoms with E-state index in [2.05, 4.69) is 4.99 Å². The highest BCUT2D eigenvalue weighted by atomic mass is 16.6. The van der Waals surface area contributed by atoms with Crippen molar-refractivity contribution < 1.29 is 14.3 Å². The van der Waals surface area contributed by atoms with Gasteiger partial charge in [-0.05, 0) is 12.0 Å². The van der Waals surface area contributed by atoms with Gasteiger partial charge in [-0.25, -0.2) is 4.79 Å². The van der Waals surface area contributed by atoms with E-state index in [0.29, 0.717) is 5.88 Å². The molecule has 0 fully saturated rings. The number of nitrogens with zero attached hydrogens (tertiary/aromatic N) is 1. The van der Waals surface area contributed by atoms with Crippen molar-refractivity contribution in [3.05, 3.63) is 41.8 Å².